The van der Waals surface area contributed by atoms with Crippen LogP contribution in [0.1, 0.15) is 11.1 Å². The number of anilines is 1. The molecule has 0 bridgehead atoms. The average molecular weight is 498 g/mol. The van der Waals surface area contributed by atoms with Crippen molar-refractivity contribution in [2.45, 2.75) is 16.2 Å². The van der Waals surface area contributed by atoms with Gasteiger partial charge in [-0.1, -0.05) is 36.4 Å². The molecular weight excluding hydrogens is 478 g/mol. The van der Waals surface area contributed by atoms with E-state index in [1.807, 2.05) is 30.3 Å². The molecule has 4 N–H and O–H groups in total. The van der Waals surface area contributed by atoms with E-state index in [1.54, 1.807) is 18.2 Å². The number of nitrogen functional groups attached to an aromatic ring is 1. The molecule has 0 amide bonds. The molecule has 0 heterocycles. The van der Waals surface area contributed by atoms with E-state index in [1.165, 1.54) is 18.2 Å². The standard InChI is InChI=1S/C23H19N3O6S2/c24-22-9-8-18(11-17(22)10-15-4-2-1-3-5-15)25-26-19-7-6-16-12-20(33(27,28)29)14-23(21(16)13-19)34(30,31)32/h1-9,11-14H,10,24H2,(H,27,28,29)(H,30,31,32). The van der Waals surface area contributed by atoms with Crippen LogP contribution in [0, 0.1) is 0 Å². The highest BCUT2D eigenvalue weighted by molar-refractivity contribution is 7.86. The fourth-order valence-corrected chi connectivity index (χ4v) is 4.80. The van der Waals surface area contributed by atoms with Crippen LogP contribution in [0.2, 0.25) is 0 Å². The lowest BCUT2D eigenvalue weighted by Gasteiger charge is -2.08. The van der Waals surface area contributed by atoms with Gasteiger partial charge in [0.15, 0.2) is 0 Å². The molecule has 0 spiro atoms. The van der Waals surface area contributed by atoms with Crippen molar-refractivity contribution in [2.75, 3.05) is 5.73 Å². The normalized spacial score (nSPS) is 12.4. The van der Waals surface area contributed by atoms with Crippen LogP contribution in [0.4, 0.5) is 17.1 Å². The first-order valence-electron chi connectivity index (χ1n) is 9.87. The molecule has 0 fully saturated rings. The molecule has 9 nitrogen and oxygen atoms in total. The van der Waals surface area contributed by atoms with Crippen LogP contribution in [0.15, 0.2) is 98.9 Å². The SMILES string of the molecule is Nc1ccc(N=Nc2ccc3cc(S(=O)(=O)O)cc(S(=O)(=O)O)c3c2)cc1Cc1ccccc1. The summed E-state index contributed by atoms with van der Waals surface area (Å²) < 4.78 is 65.5. The highest BCUT2D eigenvalue weighted by Gasteiger charge is 2.20. The highest BCUT2D eigenvalue weighted by atomic mass is 32.2. The van der Waals surface area contributed by atoms with Crippen molar-refractivity contribution in [3.05, 3.63) is 90.0 Å². The Morgan fingerprint density at radius 2 is 1.38 bits per heavy atom. The third kappa shape index (κ3) is 5.29. The van der Waals surface area contributed by atoms with E-state index >= 15 is 0 Å². The molecule has 0 saturated heterocycles. The molecule has 0 aromatic heterocycles. The zero-order valence-corrected chi connectivity index (χ0v) is 19.2. The maximum atomic E-state index is 11.8. The zero-order valence-electron chi connectivity index (χ0n) is 17.5. The van der Waals surface area contributed by atoms with Gasteiger partial charge in [0.05, 0.1) is 16.3 Å². The second-order valence-electron chi connectivity index (χ2n) is 7.52. The predicted octanol–water partition coefficient (Wildman–Crippen LogP) is 4.92. The average Bonchev–Trinajstić information content (AvgIpc) is 2.78. The molecule has 0 saturated carbocycles. The van der Waals surface area contributed by atoms with Crippen molar-refractivity contribution < 1.29 is 25.9 Å². The van der Waals surface area contributed by atoms with E-state index in [0.717, 1.165) is 17.2 Å². The van der Waals surface area contributed by atoms with Crippen molar-refractivity contribution >= 4 is 48.1 Å². The summed E-state index contributed by atoms with van der Waals surface area (Å²) in [6, 6.07) is 21.0. The molecular formula is C23H19N3O6S2. The second-order valence-corrected chi connectivity index (χ2v) is 10.3. The smallest absolute Gasteiger partial charge is 0.295 e. The summed E-state index contributed by atoms with van der Waals surface area (Å²) in [5, 5.41) is 8.52. The van der Waals surface area contributed by atoms with E-state index < -0.39 is 30.0 Å². The van der Waals surface area contributed by atoms with Gasteiger partial charge >= 0.3 is 0 Å². The fourth-order valence-electron chi connectivity index (χ4n) is 3.45. The monoisotopic (exact) mass is 497 g/mol. The Morgan fingerprint density at radius 3 is 2.03 bits per heavy atom. The summed E-state index contributed by atoms with van der Waals surface area (Å²) in [5.74, 6) is 0. The largest absolute Gasteiger partial charge is 0.398 e. The topological polar surface area (TPSA) is 159 Å². The summed E-state index contributed by atoms with van der Waals surface area (Å²) in [6.07, 6.45) is 0.611. The quantitative estimate of drug-likeness (QED) is 0.194. The predicted molar refractivity (Wildman–Crippen MR) is 128 cm³/mol. The summed E-state index contributed by atoms with van der Waals surface area (Å²) in [5.41, 5.74) is 9.44. The summed E-state index contributed by atoms with van der Waals surface area (Å²) in [7, 11) is -9.49. The molecule has 11 heteroatoms. The van der Waals surface area contributed by atoms with E-state index in [-0.39, 0.29) is 16.5 Å². The lowest BCUT2D eigenvalue weighted by molar-refractivity contribution is 0.482. The Bertz CT molecular complexity index is 1630. The highest BCUT2D eigenvalue weighted by Crippen LogP contribution is 2.31. The number of hydrogen-bond donors (Lipinski definition) is 3. The molecule has 0 radical (unpaired) electrons. The first-order valence-corrected chi connectivity index (χ1v) is 12.8. The van der Waals surface area contributed by atoms with Crippen LogP contribution in [-0.2, 0) is 26.7 Å². The Labute approximate surface area is 196 Å². The zero-order chi connectivity index (χ0) is 24.5. The van der Waals surface area contributed by atoms with E-state index in [2.05, 4.69) is 10.2 Å². The van der Waals surface area contributed by atoms with E-state index in [4.69, 9.17) is 5.73 Å². The van der Waals surface area contributed by atoms with Crippen molar-refractivity contribution in [2.24, 2.45) is 10.2 Å². The lowest BCUT2D eigenvalue weighted by atomic mass is 10.0. The molecule has 4 rings (SSSR count). The number of fused-ring (bicyclic) bond motifs is 1. The van der Waals surface area contributed by atoms with Gasteiger partial charge in [-0.15, -0.1) is 0 Å². The van der Waals surface area contributed by atoms with Gasteiger partial charge in [-0.05, 0) is 65.4 Å². The van der Waals surface area contributed by atoms with Crippen molar-refractivity contribution in [3.8, 4) is 0 Å². The molecule has 4 aromatic rings. The van der Waals surface area contributed by atoms with Crippen LogP contribution in [0.5, 0.6) is 0 Å². The van der Waals surface area contributed by atoms with Gasteiger partial charge < -0.3 is 5.73 Å². The third-order valence-corrected chi connectivity index (χ3v) is 6.82. The Kier molecular flexibility index (Phi) is 6.19. The Balaban J connectivity index is 1.71. The second kappa shape index (κ2) is 8.95. The molecule has 0 aliphatic rings. The van der Waals surface area contributed by atoms with Gasteiger partial charge in [-0.2, -0.15) is 27.1 Å². The number of nitrogens with two attached hydrogens (primary N) is 1. The van der Waals surface area contributed by atoms with Crippen molar-refractivity contribution in [1.29, 1.82) is 0 Å². The molecule has 0 atom stereocenters. The molecule has 174 valence electrons. The molecule has 0 aliphatic carbocycles. The minimum atomic E-state index is -4.80. The maximum Gasteiger partial charge on any atom is 0.295 e. The lowest BCUT2D eigenvalue weighted by Crippen LogP contribution is -2.04. The van der Waals surface area contributed by atoms with Crippen LogP contribution in [0.25, 0.3) is 10.8 Å². The van der Waals surface area contributed by atoms with E-state index in [9.17, 15) is 25.9 Å². The van der Waals surface area contributed by atoms with Gasteiger partial charge in [0.25, 0.3) is 20.2 Å². The fraction of sp³-hybridized carbons (Fsp3) is 0.0435. The summed E-state index contributed by atoms with van der Waals surface area (Å²) in [6.45, 7) is 0. The van der Waals surface area contributed by atoms with Crippen molar-refractivity contribution in [3.63, 3.8) is 0 Å². The number of rotatable bonds is 6. The van der Waals surface area contributed by atoms with Crippen LogP contribution >= 0.6 is 0 Å². The number of nitrogens with zero attached hydrogens (tertiary/aromatic N) is 2. The van der Waals surface area contributed by atoms with Gasteiger partial charge in [-0.25, -0.2) is 0 Å². The number of azo groups is 1. The number of hydrogen-bond acceptors (Lipinski definition) is 7. The van der Waals surface area contributed by atoms with Gasteiger partial charge in [0.1, 0.15) is 4.90 Å². The third-order valence-electron chi connectivity index (χ3n) is 5.09. The van der Waals surface area contributed by atoms with Crippen molar-refractivity contribution in [1.82, 2.24) is 0 Å². The first-order chi connectivity index (χ1) is 16.0. The minimum Gasteiger partial charge on any atom is -0.398 e. The maximum absolute atomic E-state index is 11.8. The van der Waals surface area contributed by atoms with Gasteiger partial charge in [0, 0.05) is 11.1 Å². The Hall–Kier alpha value is -3.64. The summed E-state index contributed by atoms with van der Waals surface area (Å²) >= 11 is 0. The molecule has 34 heavy (non-hydrogen) atoms. The molecule has 4 aromatic carbocycles. The summed E-state index contributed by atoms with van der Waals surface area (Å²) in [4.78, 5) is -1.33. The van der Waals surface area contributed by atoms with Gasteiger partial charge in [0.2, 0.25) is 0 Å². The minimum absolute atomic E-state index is 0.0217. The number of benzene rings is 4. The van der Waals surface area contributed by atoms with E-state index in [0.29, 0.717) is 23.9 Å². The molecule has 0 aliphatic heterocycles. The van der Waals surface area contributed by atoms with Crippen LogP contribution in [-0.4, -0.2) is 25.9 Å². The van der Waals surface area contributed by atoms with Gasteiger partial charge in [-0.3, -0.25) is 9.11 Å². The first kappa shape index (κ1) is 23.5. The molecule has 0 unspecified atom stereocenters. The Morgan fingerprint density at radius 1 is 0.735 bits per heavy atom. The van der Waals surface area contributed by atoms with Crippen LogP contribution < -0.4 is 5.73 Å². The van der Waals surface area contributed by atoms with Crippen LogP contribution in [0.3, 0.4) is 0 Å².